The number of benzene rings is 3. The molecule has 0 aromatic heterocycles. The first-order chi connectivity index (χ1) is 11.8. The SMILES string of the molecule is CCOCc1ccccc1CNC(C)c1cccc2ccccc12. The number of fused-ring (bicyclic) bond motifs is 1. The first kappa shape index (κ1) is 16.7. The first-order valence-corrected chi connectivity index (χ1v) is 8.65. The Hall–Kier alpha value is -2.16. The van der Waals surface area contributed by atoms with Crippen LogP contribution < -0.4 is 5.32 Å². The van der Waals surface area contributed by atoms with E-state index in [1.54, 1.807) is 0 Å². The molecule has 124 valence electrons. The average molecular weight is 319 g/mol. The summed E-state index contributed by atoms with van der Waals surface area (Å²) in [5, 5.41) is 6.28. The Bertz CT molecular complexity index is 791. The van der Waals surface area contributed by atoms with Crippen molar-refractivity contribution < 1.29 is 4.74 Å². The summed E-state index contributed by atoms with van der Waals surface area (Å²) >= 11 is 0. The normalized spacial score (nSPS) is 12.4. The molecule has 2 heteroatoms. The summed E-state index contributed by atoms with van der Waals surface area (Å²) in [4.78, 5) is 0. The standard InChI is InChI=1S/C22H25NO/c1-3-24-16-20-11-5-4-10-19(20)15-23-17(2)21-14-8-12-18-9-6-7-13-22(18)21/h4-14,17,23H,3,15-16H2,1-2H3. The lowest BCUT2D eigenvalue weighted by atomic mass is 9.99. The van der Waals surface area contributed by atoms with Crippen LogP contribution in [0.2, 0.25) is 0 Å². The molecule has 0 aliphatic carbocycles. The summed E-state index contributed by atoms with van der Waals surface area (Å²) in [6, 6.07) is 23.9. The van der Waals surface area contributed by atoms with Crippen molar-refractivity contribution in [2.45, 2.75) is 33.0 Å². The van der Waals surface area contributed by atoms with Gasteiger partial charge in [-0.25, -0.2) is 0 Å². The molecule has 0 saturated carbocycles. The summed E-state index contributed by atoms with van der Waals surface area (Å²) in [5.41, 5.74) is 3.91. The maximum Gasteiger partial charge on any atom is 0.0719 e. The number of nitrogens with one attached hydrogen (secondary N) is 1. The van der Waals surface area contributed by atoms with Gasteiger partial charge in [-0.1, -0.05) is 66.7 Å². The molecule has 0 fully saturated rings. The monoisotopic (exact) mass is 319 g/mol. The van der Waals surface area contributed by atoms with Crippen LogP contribution in [0.15, 0.2) is 66.7 Å². The van der Waals surface area contributed by atoms with Gasteiger partial charge in [-0.05, 0) is 41.3 Å². The topological polar surface area (TPSA) is 21.3 Å². The molecule has 0 aliphatic rings. The fraction of sp³-hybridized carbons (Fsp3) is 0.273. The Kier molecular flexibility index (Phi) is 5.63. The number of rotatable bonds is 7. The van der Waals surface area contributed by atoms with Crippen molar-refractivity contribution in [1.29, 1.82) is 0 Å². The molecule has 0 aliphatic heterocycles. The van der Waals surface area contributed by atoms with Crippen LogP contribution in [0, 0.1) is 0 Å². The molecular weight excluding hydrogens is 294 g/mol. The van der Waals surface area contributed by atoms with Gasteiger partial charge in [0.05, 0.1) is 6.61 Å². The van der Waals surface area contributed by atoms with Crippen molar-refractivity contribution in [3.8, 4) is 0 Å². The van der Waals surface area contributed by atoms with Gasteiger partial charge in [-0.2, -0.15) is 0 Å². The van der Waals surface area contributed by atoms with Gasteiger partial charge in [0.15, 0.2) is 0 Å². The van der Waals surface area contributed by atoms with Gasteiger partial charge < -0.3 is 10.1 Å². The summed E-state index contributed by atoms with van der Waals surface area (Å²) in [5.74, 6) is 0. The van der Waals surface area contributed by atoms with Gasteiger partial charge in [0.1, 0.15) is 0 Å². The van der Waals surface area contributed by atoms with E-state index < -0.39 is 0 Å². The van der Waals surface area contributed by atoms with Crippen LogP contribution in [0.1, 0.15) is 36.6 Å². The zero-order chi connectivity index (χ0) is 16.8. The molecule has 0 amide bonds. The van der Waals surface area contributed by atoms with Crippen molar-refractivity contribution in [3.63, 3.8) is 0 Å². The lowest BCUT2D eigenvalue weighted by Crippen LogP contribution is -2.19. The van der Waals surface area contributed by atoms with Crippen molar-refractivity contribution in [2.75, 3.05) is 6.61 Å². The third-order valence-corrected chi connectivity index (χ3v) is 4.47. The van der Waals surface area contributed by atoms with Crippen molar-refractivity contribution in [1.82, 2.24) is 5.32 Å². The third kappa shape index (κ3) is 3.84. The van der Waals surface area contributed by atoms with E-state index in [1.807, 2.05) is 6.92 Å². The predicted octanol–water partition coefficient (Wildman–Crippen LogP) is 5.23. The van der Waals surface area contributed by atoms with E-state index in [4.69, 9.17) is 4.74 Å². The second-order valence-electron chi connectivity index (χ2n) is 6.08. The van der Waals surface area contributed by atoms with Crippen LogP contribution in [-0.4, -0.2) is 6.61 Å². The molecule has 0 heterocycles. The molecule has 0 radical (unpaired) electrons. The van der Waals surface area contributed by atoms with Crippen molar-refractivity contribution in [2.24, 2.45) is 0 Å². The van der Waals surface area contributed by atoms with Gasteiger partial charge in [0.25, 0.3) is 0 Å². The van der Waals surface area contributed by atoms with E-state index in [0.717, 1.165) is 13.2 Å². The number of hydrogen-bond donors (Lipinski definition) is 1. The smallest absolute Gasteiger partial charge is 0.0719 e. The highest BCUT2D eigenvalue weighted by Gasteiger charge is 2.10. The minimum atomic E-state index is 0.288. The van der Waals surface area contributed by atoms with E-state index in [9.17, 15) is 0 Å². The Morgan fingerprint density at radius 1 is 0.875 bits per heavy atom. The molecule has 0 saturated heterocycles. The molecule has 0 bridgehead atoms. The molecule has 1 N–H and O–H groups in total. The summed E-state index contributed by atoms with van der Waals surface area (Å²) in [6.07, 6.45) is 0. The quantitative estimate of drug-likeness (QED) is 0.644. The minimum absolute atomic E-state index is 0.288. The van der Waals surface area contributed by atoms with Crippen molar-refractivity contribution >= 4 is 10.8 Å². The van der Waals surface area contributed by atoms with Gasteiger partial charge in [0, 0.05) is 19.2 Å². The van der Waals surface area contributed by atoms with Gasteiger partial charge in [-0.15, -0.1) is 0 Å². The van der Waals surface area contributed by atoms with E-state index in [2.05, 4.69) is 79.0 Å². The molecule has 3 aromatic carbocycles. The molecule has 3 aromatic rings. The lowest BCUT2D eigenvalue weighted by Gasteiger charge is -2.18. The molecular formula is C22H25NO. The van der Waals surface area contributed by atoms with Gasteiger partial charge in [-0.3, -0.25) is 0 Å². The van der Waals surface area contributed by atoms with E-state index in [0.29, 0.717) is 6.61 Å². The fourth-order valence-electron chi connectivity index (χ4n) is 3.08. The molecule has 3 rings (SSSR count). The van der Waals surface area contributed by atoms with E-state index in [-0.39, 0.29) is 6.04 Å². The number of hydrogen-bond acceptors (Lipinski definition) is 2. The van der Waals surface area contributed by atoms with Crippen LogP contribution >= 0.6 is 0 Å². The second-order valence-corrected chi connectivity index (χ2v) is 6.08. The maximum absolute atomic E-state index is 5.58. The zero-order valence-corrected chi connectivity index (χ0v) is 14.5. The molecule has 1 atom stereocenters. The van der Waals surface area contributed by atoms with Crippen LogP contribution in [-0.2, 0) is 17.9 Å². The van der Waals surface area contributed by atoms with Gasteiger partial charge >= 0.3 is 0 Å². The largest absolute Gasteiger partial charge is 0.377 e. The highest BCUT2D eigenvalue weighted by Crippen LogP contribution is 2.24. The highest BCUT2D eigenvalue weighted by molar-refractivity contribution is 5.86. The molecule has 0 spiro atoms. The summed E-state index contributed by atoms with van der Waals surface area (Å²) in [6.45, 7) is 6.52. The Balaban J connectivity index is 1.75. The van der Waals surface area contributed by atoms with Crippen LogP contribution in [0.5, 0.6) is 0 Å². The second kappa shape index (κ2) is 8.09. The minimum Gasteiger partial charge on any atom is -0.377 e. The maximum atomic E-state index is 5.58. The molecule has 24 heavy (non-hydrogen) atoms. The van der Waals surface area contributed by atoms with Crippen LogP contribution in [0.3, 0.4) is 0 Å². The molecule has 1 unspecified atom stereocenters. The predicted molar refractivity (Wildman–Crippen MR) is 101 cm³/mol. The van der Waals surface area contributed by atoms with Gasteiger partial charge in [0.2, 0.25) is 0 Å². The Morgan fingerprint density at radius 3 is 2.42 bits per heavy atom. The Morgan fingerprint density at radius 2 is 1.58 bits per heavy atom. The first-order valence-electron chi connectivity index (χ1n) is 8.65. The Labute approximate surface area is 144 Å². The fourth-order valence-corrected chi connectivity index (χ4v) is 3.08. The number of ether oxygens (including phenoxy) is 1. The van der Waals surface area contributed by atoms with E-state index in [1.165, 1.54) is 27.5 Å². The van der Waals surface area contributed by atoms with E-state index >= 15 is 0 Å². The average Bonchev–Trinajstić information content (AvgIpc) is 2.64. The lowest BCUT2D eigenvalue weighted by molar-refractivity contribution is 0.133. The van der Waals surface area contributed by atoms with Crippen LogP contribution in [0.25, 0.3) is 10.8 Å². The zero-order valence-electron chi connectivity index (χ0n) is 14.5. The van der Waals surface area contributed by atoms with Crippen molar-refractivity contribution in [3.05, 3.63) is 83.4 Å². The summed E-state index contributed by atoms with van der Waals surface area (Å²) < 4.78 is 5.58. The third-order valence-electron chi connectivity index (χ3n) is 4.47. The highest BCUT2D eigenvalue weighted by atomic mass is 16.5. The van der Waals surface area contributed by atoms with Crippen LogP contribution in [0.4, 0.5) is 0 Å². The summed E-state index contributed by atoms with van der Waals surface area (Å²) in [7, 11) is 0. The molecule has 2 nitrogen and oxygen atoms in total.